The minimum absolute atomic E-state index is 0.0851. The number of aromatic nitrogens is 1. The van der Waals surface area contributed by atoms with Crippen molar-refractivity contribution in [3.8, 4) is 0 Å². The molecule has 3 nitrogen and oxygen atoms in total. The number of benzene rings is 3. The summed E-state index contributed by atoms with van der Waals surface area (Å²) < 4.78 is 0. The third-order valence-electron chi connectivity index (χ3n) is 5.99. The molecule has 4 heteroatoms. The molecule has 0 radical (unpaired) electrons. The molecule has 5 rings (SSSR count). The Morgan fingerprint density at radius 1 is 1.03 bits per heavy atom. The van der Waals surface area contributed by atoms with E-state index in [9.17, 15) is 4.79 Å². The van der Waals surface area contributed by atoms with Crippen LogP contribution in [0.1, 0.15) is 38.8 Å². The van der Waals surface area contributed by atoms with Crippen molar-refractivity contribution in [1.29, 1.82) is 0 Å². The number of thioether (sulfide) groups is 1. The van der Waals surface area contributed by atoms with Gasteiger partial charge in [-0.2, -0.15) is 0 Å². The van der Waals surface area contributed by atoms with Crippen LogP contribution in [-0.4, -0.2) is 28.6 Å². The van der Waals surface area contributed by atoms with Crippen LogP contribution >= 0.6 is 11.8 Å². The molecule has 30 heavy (non-hydrogen) atoms. The van der Waals surface area contributed by atoms with Gasteiger partial charge in [-0.25, -0.2) is 0 Å². The maximum atomic E-state index is 13.6. The maximum Gasteiger partial charge on any atom is 0.254 e. The van der Waals surface area contributed by atoms with Crippen LogP contribution in [0.3, 0.4) is 0 Å². The van der Waals surface area contributed by atoms with E-state index >= 15 is 0 Å². The van der Waals surface area contributed by atoms with Crippen LogP contribution < -0.4 is 0 Å². The minimum Gasteiger partial charge on any atom is -0.356 e. The third-order valence-corrected chi connectivity index (χ3v) is 6.74. The van der Waals surface area contributed by atoms with Crippen LogP contribution in [0.15, 0.2) is 77.7 Å². The summed E-state index contributed by atoms with van der Waals surface area (Å²) in [4.78, 5) is 20.5. The second-order valence-electron chi connectivity index (χ2n) is 7.86. The number of hydrogen-bond donors (Lipinski definition) is 1. The summed E-state index contributed by atoms with van der Waals surface area (Å²) in [5, 5.41) is 1.26. The lowest BCUT2D eigenvalue weighted by Gasteiger charge is -2.36. The van der Waals surface area contributed by atoms with Gasteiger partial charge in [0.05, 0.1) is 6.04 Å². The SMILES string of the molecule is CSc1ccc([C@@H]2c3[nH]c4ccccc4c3CCN2C(=O)c2cccc(C)c2)cc1. The van der Waals surface area contributed by atoms with Gasteiger partial charge in [-0.1, -0.05) is 48.0 Å². The topological polar surface area (TPSA) is 36.1 Å². The molecule has 2 heterocycles. The quantitative estimate of drug-likeness (QED) is 0.420. The molecule has 1 atom stereocenters. The van der Waals surface area contributed by atoms with Crippen LogP contribution in [0.2, 0.25) is 0 Å². The number of rotatable bonds is 3. The molecule has 0 unspecified atom stereocenters. The van der Waals surface area contributed by atoms with Crippen LogP contribution in [0.5, 0.6) is 0 Å². The predicted molar refractivity (Wildman–Crippen MR) is 124 cm³/mol. The first kappa shape index (κ1) is 19.0. The second-order valence-corrected chi connectivity index (χ2v) is 8.74. The summed E-state index contributed by atoms with van der Waals surface area (Å²) in [5.74, 6) is 0.0851. The van der Waals surface area contributed by atoms with Gasteiger partial charge < -0.3 is 9.88 Å². The van der Waals surface area contributed by atoms with E-state index in [1.807, 2.05) is 36.1 Å². The van der Waals surface area contributed by atoms with Gasteiger partial charge in [0.2, 0.25) is 0 Å². The normalized spacial score (nSPS) is 15.9. The summed E-state index contributed by atoms with van der Waals surface area (Å²) in [5.41, 5.74) is 6.60. The van der Waals surface area contributed by atoms with Crippen molar-refractivity contribution in [2.45, 2.75) is 24.3 Å². The Balaban J connectivity index is 1.65. The highest BCUT2D eigenvalue weighted by Crippen LogP contribution is 2.39. The van der Waals surface area contributed by atoms with Crippen molar-refractivity contribution in [3.05, 3.63) is 101 Å². The third kappa shape index (κ3) is 3.21. The highest BCUT2D eigenvalue weighted by molar-refractivity contribution is 7.98. The molecule has 4 aromatic rings. The lowest BCUT2D eigenvalue weighted by atomic mass is 9.91. The number of para-hydroxylation sites is 1. The molecule has 150 valence electrons. The van der Waals surface area contributed by atoms with E-state index in [0.29, 0.717) is 6.54 Å². The zero-order valence-corrected chi connectivity index (χ0v) is 18.0. The number of H-pyrrole nitrogens is 1. The number of carbonyl (C=O) groups is 1. The van der Waals surface area contributed by atoms with E-state index < -0.39 is 0 Å². The zero-order valence-electron chi connectivity index (χ0n) is 17.2. The molecule has 1 aromatic heterocycles. The van der Waals surface area contributed by atoms with Gasteiger partial charge in [0.25, 0.3) is 5.91 Å². The van der Waals surface area contributed by atoms with E-state index in [0.717, 1.165) is 34.3 Å². The van der Waals surface area contributed by atoms with Crippen molar-refractivity contribution in [3.63, 3.8) is 0 Å². The number of nitrogens with one attached hydrogen (secondary N) is 1. The van der Waals surface area contributed by atoms with Gasteiger partial charge in [-0.05, 0) is 61.1 Å². The Morgan fingerprint density at radius 2 is 1.83 bits per heavy atom. The fourth-order valence-electron chi connectivity index (χ4n) is 4.54. The number of aryl methyl sites for hydroxylation is 1. The smallest absolute Gasteiger partial charge is 0.254 e. The van der Waals surface area contributed by atoms with Crippen molar-refractivity contribution in [2.24, 2.45) is 0 Å². The van der Waals surface area contributed by atoms with Crippen molar-refractivity contribution < 1.29 is 4.79 Å². The van der Waals surface area contributed by atoms with Gasteiger partial charge in [0, 0.05) is 33.6 Å². The molecule has 1 aliphatic rings. The van der Waals surface area contributed by atoms with Crippen molar-refractivity contribution in [1.82, 2.24) is 9.88 Å². The summed E-state index contributed by atoms with van der Waals surface area (Å²) in [6.45, 7) is 2.73. The monoisotopic (exact) mass is 412 g/mol. The summed E-state index contributed by atoms with van der Waals surface area (Å²) >= 11 is 1.73. The number of hydrogen-bond acceptors (Lipinski definition) is 2. The van der Waals surface area contributed by atoms with E-state index in [1.54, 1.807) is 11.8 Å². The van der Waals surface area contributed by atoms with Gasteiger partial charge in [0.15, 0.2) is 0 Å². The molecule has 1 N–H and O–H groups in total. The largest absolute Gasteiger partial charge is 0.356 e. The number of amides is 1. The van der Waals surface area contributed by atoms with Gasteiger partial charge in [-0.3, -0.25) is 4.79 Å². The first-order chi connectivity index (χ1) is 14.7. The highest BCUT2D eigenvalue weighted by Gasteiger charge is 2.34. The fourth-order valence-corrected chi connectivity index (χ4v) is 4.94. The number of carbonyl (C=O) groups excluding carboxylic acids is 1. The Hall–Kier alpha value is -2.98. The Kier molecular flexibility index (Phi) is 4.87. The lowest BCUT2D eigenvalue weighted by molar-refractivity contribution is 0.0692. The Labute approximate surface area is 181 Å². The maximum absolute atomic E-state index is 13.6. The molecule has 1 amide bonds. The molecular weight excluding hydrogens is 388 g/mol. The molecular formula is C26H24N2OS. The van der Waals surface area contributed by atoms with E-state index in [2.05, 4.69) is 59.8 Å². The molecule has 0 aliphatic carbocycles. The standard InChI is InChI=1S/C26H24N2OS/c1-17-6-5-7-19(16-17)26(29)28-15-14-22-21-8-3-4-9-23(21)27-24(22)25(28)18-10-12-20(30-2)13-11-18/h3-13,16,25,27H,14-15H2,1-2H3/t25-/m1/s1. The molecule has 0 saturated heterocycles. The average Bonchev–Trinajstić information content (AvgIpc) is 3.17. The molecule has 0 bridgehead atoms. The zero-order chi connectivity index (χ0) is 20.7. The molecule has 3 aromatic carbocycles. The van der Waals surface area contributed by atoms with Crippen molar-refractivity contribution >= 4 is 28.6 Å². The number of nitrogens with zero attached hydrogens (tertiary/aromatic N) is 1. The van der Waals surface area contributed by atoms with Gasteiger partial charge in [-0.15, -0.1) is 11.8 Å². The van der Waals surface area contributed by atoms with Crippen LogP contribution in [0, 0.1) is 6.92 Å². The van der Waals surface area contributed by atoms with E-state index in [-0.39, 0.29) is 11.9 Å². The second kappa shape index (κ2) is 7.69. The Morgan fingerprint density at radius 3 is 2.60 bits per heavy atom. The number of fused-ring (bicyclic) bond motifs is 3. The minimum atomic E-state index is -0.120. The predicted octanol–water partition coefficient (Wildman–Crippen LogP) is 5.99. The first-order valence-electron chi connectivity index (χ1n) is 10.3. The molecule has 1 aliphatic heterocycles. The fraction of sp³-hybridized carbons (Fsp3) is 0.192. The summed E-state index contributed by atoms with van der Waals surface area (Å²) in [6.07, 6.45) is 2.94. The number of aromatic amines is 1. The summed E-state index contributed by atoms with van der Waals surface area (Å²) in [7, 11) is 0. The van der Waals surface area contributed by atoms with Gasteiger partial charge in [0.1, 0.15) is 0 Å². The van der Waals surface area contributed by atoms with Crippen LogP contribution in [0.4, 0.5) is 0 Å². The van der Waals surface area contributed by atoms with Gasteiger partial charge >= 0.3 is 0 Å². The molecule has 0 saturated carbocycles. The summed E-state index contributed by atoms with van der Waals surface area (Å²) in [6, 6.07) is 24.8. The molecule has 0 fully saturated rings. The van der Waals surface area contributed by atoms with Crippen LogP contribution in [-0.2, 0) is 6.42 Å². The van der Waals surface area contributed by atoms with E-state index in [1.165, 1.54) is 15.8 Å². The Bertz CT molecular complexity index is 1230. The van der Waals surface area contributed by atoms with Crippen LogP contribution in [0.25, 0.3) is 10.9 Å². The van der Waals surface area contributed by atoms with Crippen molar-refractivity contribution in [2.75, 3.05) is 12.8 Å². The van der Waals surface area contributed by atoms with E-state index in [4.69, 9.17) is 0 Å². The first-order valence-corrected chi connectivity index (χ1v) is 11.5. The highest BCUT2D eigenvalue weighted by atomic mass is 32.2. The molecule has 0 spiro atoms. The lowest BCUT2D eigenvalue weighted by Crippen LogP contribution is -2.40. The average molecular weight is 413 g/mol.